The summed E-state index contributed by atoms with van der Waals surface area (Å²) in [5.74, 6) is 0. The Balaban J connectivity index is 2.14. The summed E-state index contributed by atoms with van der Waals surface area (Å²) in [6, 6.07) is 9.99. The minimum absolute atomic E-state index is 0.154. The molecule has 0 fully saturated rings. The lowest BCUT2D eigenvalue weighted by atomic mass is 10.1. The van der Waals surface area contributed by atoms with Gasteiger partial charge in [0.05, 0.1) is 5.56 Å². The fourth-order valence-electron chi connectivity index (χ4n) is 2.18. The second-order valence-corrected chi connectivity index (χ2v) is 5.00. The Bertz CT molecular complexity index is 689. The van der Waals surface area contributed by atoms with Gasteiger partial charge < -0.3 is 0 Å². The fraction of sp³-hybridized carbons (Fsp3) is 0.333. The van der Waals surface area contributed by atoms with E-state index in [9.17, 15) is 9.59 Å². The molecule has 5 heteroatoms. The van der Waals surface area contributed by atoms with Crippen LogP contribution in [0.25, 0.3) is 0 Å². The van der Waals surface area contributed by atoms with Crippen molar-refractivity contribution in [1.82, 2.24) is 9.55 Å². The van der Waals surface area contributed by atoms with E-state index in [1.54, 1.807) is 0 Å². The van der Waals surface area contributed by atoms with E-state index in [2.05, 4.69) is 4.98 Å². The molecule has 0 saturated heterocycles. The first-order chi connectivity index (χ1) is 9.63. The van der Waals surface area contributed by atoms with Crippen molar-refractivity contribution in [2.24, 2.45) is 0 Å². The van der Waals surface area contributed by atoms with Gasteiger partial charge in [-0.3, -0.25) is 14.3 Å². The molecule has 2 aromatic rings. The molecule has 20 heavy (non-hydrogen) atoms. The van der Waals surface area contributed by atoms with Crippen LogP contribution >= 0.6 is 11.6 Å². The van der Waals surface area contributed by atoms with E-state index in [1.165, 1.54) is 10.1 Å². The Kier molecular flexibility index (Phi) is 4.79. The lowest BCUT2D eigenvalue weighted by Gasteiger charge is -2.08. The minimum atomic E-state index is -0.440. The van der Waals surface area contributed by atoms with Gasteiger partial charge >= 0.3 is 5.69 Å². The summed E-state index contributed by atoms with van der Waals surface area (Å²) in [7, 11) is 0. The van der Waals surface area contributed by atoms with Gasteiger partial charge in [-0.1, -0.05) is 48.9 Å². The molecular weight excluding hydrogens is 276 g/mol. The maximum absolute atomic E-state index is 12.1. The SMILES string of the molecule is CCc1c(Cl)[nH]c(=O)n(CCCc2ccccc2)c1=O. The molecular formula is C15H17ClN2O2. The Hall–Kier alpha value is -1.81. The zero-order valence-electron chi connectivity index (χ0n) is 11.4. The third-order valence-corrected chi connectivity index (χ3v) is 3.60. The maximum Gasteiger partial charge on any atom is 0.329 e. The zero-order valence-corrected chi connectivity index (χ0v) is 12.1. The molecule has 0 bridgehead atoms. The smallest absolute Gasteiger partial charge is 0.297 e. The highest BCUT2D eigenvalue weighted by Gasteiger charge is 2.10. The average Bonchev–Trinajstić information content (AvgIpc) is 2.44. The summed E-state index contributed by atoms with van der Waals surface area (Å²) in [6.45, 7) is 2.24. The second-order valence-electron chi connectivity index (χ2n) is 4.62. The third-order valence-electron chi connectivity index (χ3n) is 3.27. The predicted molar refractivity (Wildman–Crippen MR) is 80.5 cm³/mol. The van der Waals surface area contributed by atoms with Gasteiger partial charge in [-0.25, -0.2) is 4.79 Å². The number of hydrogen-bond donors (Lipinski definition) is 1. The van der Waals surface area contributed by atoms with Crippen LogP contribution in [0.15, 0.2) is 39.9 Å². The zero-order chi connectivity index (χ0) is 14.5. The van der Waals surface area contributed by atoms with Gasteiger partial charge in [-0.2, -0.15) is 0 Å². The molecule has 0 aliphatic rings. The van der Waals surface area contributed by atoms with E-state index in [-0.39, 0.29) is 10.7 Å². The molecule has 1 aromatic carbocycles. The van der Waals surface area contributed by atoms with Crippen LogP contribution in [0.2, 0.25) is 5.15 Å². The number of aryl methyl sites for hydroxylation is 1. The summed E-state index contributed by atoms with van der Waals surface area (Å²) >= 11 is 5.87. The van der Waals surface area contributed by atoms with Crippen molar-refractivity contribution in [2.45, 2.75) is 32.7 Å². The van der Waals surface area contributed by atoms with E-state index in [0.29, 0.717) is 18.5 Å². The lowest BCUT2D eigenvalue weighted by molar-refractivity contribution is 0.584. The van der Waals surface area contributed by atoms with Crippen LogP contribution in [0.4, 0.5) is 0 Å². The van der Waals surface area contributed by atoms with E-state index >= 15 is 0 Å². The summed E-state index contributed by atoms with van der Waals surface area (Å²) in [6.07, 6.45) is 2.07. The molecule has 0 amide bonds. The molecule has 1 N–H and O–H groups in total. The molecule has 0 spiro atoms. The minimum Gasteiger partial charge on any atom is -0.297 e. The standard InChI is InChI=1S/C15H17ClN2O2/c1-2-12-13(16)17-15(20)18(14(12)19)10-6-9-11-7-4-3-5-8-11/h3-5,7-8H,2,6,9-10H2,1H3,(H,17,20). The van der Waals surface area contributed by atoms with Crippen LogP contribution in [0.5, 0.6) is 0 Å². The summed E-state index contributed by atoms with van der Waals surface area (Å²) < 4.78 is 1.23. The van der Waals surface area contributed by atoms with Gasteiger partial charge in [0.25, 0.3) is 5.56 Å². The Morgan fingerprint density at radius 2 is 1.90 bits per heavy atom. The van der Waals surface area contributed by atoms with Gasteiger partial charge in [0, 0.05) is 6.54 Å². The summed E-state index contributed by atoms with van der Waals surface area (Å²) in [5, 5.41) is 0.154. The average molecular weight is 293 g/mol. The van der Waals surface area contributed by atoms with Gasteiger partial charge in [0.1, 0.15) is 5.15 Å². The van der Waals surface area contributed by atoms with Crippen LogP contribution in [0.1, 0.15) is 24.5 Å². The van der Waals surface area contributed by atoms with Crippen molar-refractivity contribution in [2.75, 3.05) is 0 Å². The highest BCUT2D eigenvalue weighted by Crippen LogP contribution is 2.07. The highest BCUT2D eigenvalue weighted by atomic mass is 35.5. The Labute approximate surface area is 122 Å². The quantitative estimate of drug-likeness (QED) is 0.860. The van der Waals surface area contributed by atoms with Gasteiger partial charge in [0.2, 0.25) is 0 Å². The van der Waals surface area contributed by atoms with Gasteiger partial charge in [-0.05, 0) is 24.8 Å². The molecule has 2 rings (SSSR count). The molecule has 106 valence electrons. The molecule has 1 heterocycles. The number of nitrogens with zero attached hydrogens (tertiary/aromatic N) is 1. The number of rotatable bonds is 5. The summed E-state index contributed by atoms with van der Waals surface area (Å²) in [4.78, 5) is 26.5. The number of aromatic amines is 1. The highest BCUT2D eigenvalue weighted by molar-refractivity contribution is 6.30. The van der Waals surface area contributed by atoms with Gasteiger partial charge in [0.15, 0.2) is 0 Å². The predicted octanol–water partition coefficient (Wildman–Crippen LogP) is 2.39. The molecule has 0 atom stereocenters. The van der Waals surface area contributed by atoms with Crippen molar-refractivity contribution in [3.8, 4) is 0 Å². The number of halogens is 1. The van der Waals surface area contributed by atoms with Crippen molar-refractivity contribution in [1.29, 1.82) is 0 Å². The van der Waals surface area contributed by atoms with Crippen LogP contribution in [0.3, 0.4) is 0 Å². The van der Waals surface area contributed by atoms with Gasteiger partial charge in [-0.15, -0.1) is 0 Å². The first kappa shape index (κ1) is 14.6. The van der Waals surface area contributed by atoms with Crippen LogP contribution in [-0.4, -0.2) is 9.55 Å². The Morgan fingerprint density at radius 1 is 1.20 bits per heavy atom. The van der Waals surface area contributed by atoms with Crippen LogP contribution in [-0.2, 0) is 19.4 Å². The second kappa shape index (κ2) is 6.57. The monoisotopic (exact) mass is 292 g/mol. The van der Waals surface area contributed by atoms with E-state index in [0.717, 1.165) is 12.8 Å². The molecule has 1 aromatic heterocycles. The molecule has 0 aliphatic heterocycles. The molecule has 0 radical (unpaired) electrons. The molecule has 0 aliphatic carbocycles. The number of aromatic nitrogens is 2. The van der Waals surface area contributed by atoms with Crippen molar-refractivity contribution >= 4 is 11.6 Å². The van der Waals surface area contributed by atoms with Crippen molar-refractivity contribution < 1.29 is 0 Å². The van der Waals surface area contributed by atoms with E-state index in [4.69, 9.17) is 11.6 Å². The fourth-order valence-corrected chi connectivity index (χ4v) is 2.48. The third kappa shape index (κ3) is 3.20. The van der Waals surface area contributed by atoms with E-state index < -0.39 is 5.69 Å². The number of H-pyrrole nitrogens is 1. The first-order valence-electron chi connectivity index (χ1n) is 6.69. The number of hydrogen-bond acceptors (Lipinski definition) is 2. The molecule has 0 saturated carbocycles. The van der Waals surface area contributed by atoms with Crippen LogP contribution < -0.4 is 11.2 Å². The number of nitrogens with one attached hydrogen (secondary N) is 1. The normalized spacial score (nSPS) is 10.7. The van der Waals surface area contributed by atoms with Crippen molar-refractivity contribution in [3.05, 3.63) is 67.4 Å². The maximum atomic E-state index is 12.1. The Morgan fingerprint density at radius 3 is 2.55 bits per heavy atom. The molecule has 0 unspecified atom stereocenters. The van der Waals surface area contributed by atoms with E-state index in [1.807, 2.05) is 37.3 Å². The molecule has 4 nitrogen and oxygen atoms in total. The first-order valence-corrected chi connectivity index (χ1v) is 7.06. The largest absolute Gasteiger partial charge is 0.329 e. The lowest BCUT2D eigenvalue weighted by Crippen LogP contribution is -2.37. The van der Waals surface area contributed by atoms with Crippen molar-refractivity contribution in [3.63, 3.8) is 0 Å². The summed E-state index contributed by atoms with van der Waals surface area (Å²) in [5.41, 5.74) is 0.937. The topological polar surface area (TPSA) is 54.9 Å². The number of benzene rings is 1. The van der Waals surface area contributed by atoms with Crippen LogP contribution in [0, 0.1) is 0 Å².